The van der Waals surface area contributed by atoms with Crippen molar-refractivity contribution in [3.8, 4) is 23.8 Å². The van der Waals surface area contributed by atoms with Crippen LogP contribution in [-0.4, -0.2) is 79.5 Å². The number of amides is 1. The number of carbonyl (C=O) groups is 1. The lowest BCUT2D eigenvalue weighted by Gasteiger charge is -2.37. The van der Waals surface area contributed by atoms with Gasteiger partial charge in [-0.3, -0.25) is 9.69 Å². The topological polar surface area (TPSA) is 71.5 Å². The summed E-state index contributed by atoms with van der Waals surface area (Å²) in [4.78, 5) is 18.8. The van der Waals surface area contributed by atoms with Crippen molar-refractivity contribution >= 4 is 17.2 Å². The Morgan fingerprint density at radius 2 is 2.06 bits per heavy atom. The van der Waals surface area contributed by atoms with Crippen LogP contribution in [0.5, 0.6) is 11.5 Å². The molecule has 0 spiro atoms. The molecule has 2 aromatic rings. The van der Waals surface area contributed by atoms with Gasteiger partial charge in [0.1, 0.15) is 24.7 Å². The van der Waals surface area contributed by atoms with Crippen LogP contribution in [0.1, 0.15) is 29.3 Å². The SMILES string of the molecule is C#CCOC[C@H](O)CN(CC(=O)N1CCc2sccc2[C@@H]1COc1ccc(OC)cc1)C1CC1. The van der Waals surface area contributed by atoms with Crippen molar-refractivity contribution in [1.29, 1.82) is 0 Å². The lowest BCUT2D eigenvalue weighted by atomic mass is 10.0. The number of rotatable bonds is 12. The fraction of sp³-hybridized carbons (Fsp3) is 0.500. The van der Waals surface area contributed by atoms with E-state index in [1.165, 1.54) is 10.4 Å². The Balaban J connectivity index is 1.41. The third kappa shape index (κ3) is 6.30. The molecule has 1 aliphatic carbocycles. The quantitative estimate of drug-likeness (QED) is 0.369. The molecule has 0 radical (unpaired) electrons. The Kier molecular flexibility index (Phi) is 8.46. The van der Waals surface area contributed by atoms with Gasteiger partial charge in [0.15, 0.2) is 0 Å². The first-order valence-electron chi connectivity index (χ1n) is 11.6. The Hall–Kier alpha value is -2.57. The van der Waals surface area contributed by atoms with Crippen molar-refractivity contribution in [2.24, 2.45) is 0 Å². The first-order valence-corrected chi connectivity index (χ1v) is 12.5. The molecular weight excluding hydrogens is 452 g/mol. The van der Waals surface area contributed by atoms with Crippen LogP contribution >= 0.6 is 11.3 Å². The summed E-state index contributed by atoms with van der Waals surface area (Å²) in [7, 11) is 1.63. The van der Waals surface area contributed by atoms with E-state index >= 15 is 0 Å². The minimum absolute atomic E-state index is 0.0591. The standard InChI is InChI=1S/C26H32N2O5S/c1-3-13-32-17-20(29)15-27(19-4-5-19)16-26(30)28-12-10-25-23(11-14-34-25)24(28)18-33-22-8-6-21(31-2)7-9-22/h1,6-9,11,14,19-20,24,29H,4-5,10,12-13,15-18H2,2H3/t20-,24+/m1/s1. The Morgan fingerprint density at radius 1 is 1.29 bits per heavy atom. The first-order chi connectivity index (χ1) is 16.6. The average Bonchev–Trinajstić information content (AvgIpc) is 3.59. The van der Waals surface area contributed by atoms with E-state index in [2.05, 4.69) is 22.3 Å². The predicted molar refractivity (Wildman–Crippen MR) is 131 cm³/mol. The summed E-state index contributed by atoms with van der Waals surface area (Å²) in [5, 5.41) is 12.4. The summed E-state index contributed by atoms with van der Waals surface area (Å²) in [6.07, 6.45) is 7.47. The second kappa shape index (κ2) is 11.7. The van der Waals surface area contributed by atoms with Crippen LogP contribution in [0.25, 0.3) is 0 Å². The lowest BCUT2D eigenvalue weighted by Crippen LogP contribution is -2.48. The third-order valence-electron chi connectivity index (χ3n) is 6.23. The van der Waals surface area contributed by atoms with Crippen LogP contribution in [0.2, 0.25) is 0 Å². The van der Waals surface area contributed by atoms with Gasteiger partial charge < -0.3 is 24.2 Å². The van der Waals surface area contributed by atoms with E-state index in [1.54, 1.807) is 18.4 Å². The van der Waals surface area contributed by atoms with Crippen molar-refractivity contribution in [2.45, 2.75) is 37.5 Å². The molecule has 8 heteroatoms. The Labute approximate surface area is 205 Å². The zero-order chi connectivity index (χ0) is 23.9. The minimum Gasteiger partial charge on any atom is -0.497 e. The molecule has 2 heterocycles. The molecule has 0 bridgehead atoms. The Morgan fingerprint density at radius 3 is 2.76 bits per heavy atom. The molecule has 1 aliphatic heterocycles. The van der Waals surface area contributed by atoms with E-state index in [9.17, 15) is 9.90 Å². The summed E-state index contributed by atoms with van der Waals surface area (Å²) >= 11 is 1.73. The zero-order valence-electron chi connectivity index (χ0n) is 19.5. The van der Waals surface area contributed by atoms with Crippen molar-refractivity contribution in [3.63, 3.8) is 0 Å². The number of aliphatic hydroxyl groups is 1. The highest BCUT2D eigenvalue weighted by molar-refractivity contribution is 7.10. The maximum atomic E-state index is 13.5. The van der Waals surface area contributed by atoms with Crippen LogP contribution in [0.3, 0.4) is 0 Å². The number of fused-ring (bicyclic) bond motifs is 1. The van der Waals surface area contributed by atoms with Crippen LogP contribution in [0, 0.1) is 12.3 Å². The van der Waals surface area contributed by atoms with Gasteiger partial charge in [0.05, 0.1) is 32.4 Å². The summed E-state index contributed by atoms with van der Waals surface area (Å²) in [6.45, 7) is 2.05. The van der Waals surface area contributed by atoms with E-state index in [1.807, 2.05) is 29.2 Å². The molecule has 4 rings (SSSR count). The van der Waals surface area contributed by atoms with E-state index in [4.69, 9.17) is 20.6 Å². The molecule has 34 heavy (non-hydrogen) atoms. The number of ether oxygens (including phenoxy) is 3. The molecule has 182 valence electrons. The van der Waals surface area contributed by atoms with Gasteiger partial charge in [-0.15, -0.1) is 17.8 Å². The zero-order valence-corrected chi connectivity index (χ0v) is 20.3. The number of aliphatic hydroxyl groups excluding tert-OH is 1. The second-order valence-corrected chi connectivity index (χ2v) is 9.67. The third-order valence-corrected chi connectivity index (χ3v) is 7.22. The van der Waals surface area contributed by atoms with Gasteiger partial charge in [0.25, 0.3) is 0 Å². The van der Waals surface area contributed by atoms with Gasteiger partial charge in [-0.1, -0.05) is 5.92 Å². The number of nitrogens with zero attached hydrogens (tertiary/aromatic N) is 2. The molecule has 1 saturated carbocycles. The molecule has 2 atom stereocenters. The average molecular weight is 485 g/mol. The highest BCUT2D eigenvalue weighted by atomic mass is 32.1. The molecule has 0 unspecified atom stereocenters. The molecule has 1 amide bonds. The van der Waals surface area contributed by atoms with Gasteiger partial charge in [-0.25, -0.2) is 0 Å². The first kappa shape index (κ1) is 24.6. The fourth-order valence-corrected chi connectivity index (χ4v) is 5.27. The lowest BCUT2D eigenvalue weighted by molar-refractivity contribution is -0.136. The maximum Gasteiger partial charge on any atom is 0.237 e. The van der Waals surface area contributed by atoms with E-state index in [-0.39, 0.29) is 31.7 Å². The van der Waals surface area contributed by atoms with Gasteiger partial charge in [-0.05, 0) is 60.5 Å². The number of hydrogen-bond donors (Lipinski definition) is 1. The smallest absolute Gasteiger partial charge is 0.237 e. The molecule has 7 nitrogen and oxygen atoms in total. The summed E-state index contributed by atoms with van der Waals surface area (Å²) < 4.78 is 16.6. The van der Waals surface area contributed by atoms with Gasteiger partial charge in [-0.2, -0.15) is 0 Å². The molecule has 1 fully saturated rings. The summed E-state index contributed by atoms with van der Waals surface area (Å²) in [5.41, 5.74) is 1.17. The molecule has 2 aliphatic rings. The molecule has 1 aromatic carbocycles. The number of hydrogen-bond acceptors (Lipinski definition) is 7. The number of carbonyl (C=O) groups excluding carboxylic acids is 1. The van der Waals surface area contributed by atoms with Gasteiger partial charge in [0, 0.05) is 24.0 Å². The van der Waals surface area contributed by atoms with Crippen molar-refractivity contribution < 1.29 is 24.1 Å². The molecule has 1 aromatic heterocycles. The van der Waals surface area contributed by atoms with E-state index in [0.717, 1.165) is 30.8 Å². The molecule has 0 saturated heterocycles. The Bertz CT molecular complexity index is 982. The normalized spacial score (nSPS) is 18.3. The van der Waals surface area contributed by atoms with Crippen molar-refractivity contribution in [1.82, 2.24) is 9.80 Å². The van der Waals surface area contributed by atoms with Crippen LogP contribution in [-0.2, 0) is 16.0 Å². The summed E-state index contributed by atoms with van der Waals surface area (Å²) in [5.74, 6) is 3.97. The minimum atomic E-state index is -0.680. The van der Waals surface area contributed by atoms with Gasteiger partial charge in [0.2, 0.25) is 5.91 Å². The maximum absolute atomic E-state index is 13.5. The van der Waals surface area contributed by atoms with Crippen LogP contribution < -0.4 is 9.47 Å². The van der Waals surface area contributed by atoms with Crippen molar-refractivity contribution in [3.05, 3.63) is 46.2 Å². The van der Waals surface area contributed by atoms with Crippen LogP contribution in [0.4, 0.5) is 0 Å². The highest BCUT2D eigenvalue weighted by Crippen LogP contribution is 2.35. The molecular formula is C26H32N2O5S. The van der Waals surface area contributed by atoms with Crippen LogP contribution in [0.15, 0.2) is 35.7 Å². The second-order valence-electron chi connectivity index (χ2n) is 8.67. The highest BCUT2D eigenvalue weighted by Gasteiger charge is 2.36. The fourth-order valence-electron chi connectivity index (χ4n) is 4.35. The molecule has 1 N–H and O–H groups in total. The number of benzene rings is 1. The van der Waals surface area contributed by atoms with E-state index in [0.29, 0.717) is 25.7 Å². The summed E-state index contributed by atoms with van der Waals surface area (Å²) in [6, 6.07) is 9.77. The van der Waals surface area contributed by atoms with Crippen molar-refractivity contribution in [2.75, 3.05) is 46.6 Å². The largest absolute Gasteiger partial charge is 0.497 e. The number of methoxy groups -OCH3 is 1. The number of thiophene rings is 1. The van der Waals surface area contributed by atoms with Gasteiger partial charge >= 0.3 is 0 Å². The van der Waals surface area contributed by atoms with E-state index < -0.39 is 6.10 Å². The predicted octanol–water partition coefficient (Wildman–Crippen LogP) is 2.74. The number of terminal acetylenes is 1. The monoisotopic (exact) mass is 484 g/mol.